The number of nitrogens with one attached hydrogen (secondary N) is 2. The molecule has 1 aromatic heterocycles. The highest BCUT2D eigenvalue weighted by Crippen LogP contribution is 2.22. The first-order chi connectivity index (χ1) is 6.65. The second-order valence-corrected chi connectivity index (χ2v) is 4.37. The third-order valence-electron chi connectivity index (χ3n) is 1.67. The van der Waals surface area contributed by atoms with Gasteiger partial charge >= 0.3 is 6.09 Å². The molecule has 0 saturated heterocycles. The average molecular weight is 226 g/mol. The van der Waals surface area contributed by atoms with Gasteiger partial charge in [-0.3, -0.25) is 5.32 Å². The Labute approximate surface area is 88.2 Å². The summed E-state index contributed by atoms with van der Waals surface area (Å²) in [7, 11) is 0. The van der Waals surface area contributed by atoms with Crippen molar-refractivity contribution in [2.24, 2.45) is 0 Å². The van der Waals surface area contributed by atoms with E-state index in [0.29, 0.717) is 9.64 Å². The molecule has 1 amide bonds. The lowest BCUT2D eigenvalue weighted by atomic mass is 10.3. The second kappa shape index (κ2) is 3.39. The quantitative estimate of drug-likeness (QED) is 0.655. The SMILES string of the molecule is O=C(O)Nc1ccc2[nH]c(=S)sc2c1. The third kappa shape index (κ3) is 1.75. The maximum atomic E-state index is 10.4. The van der Waals surface area contributed by atoms with Crippen molar-refractivity contribution < 1.29 is 9.90 Å². The fraction of sp³-hybridized carbons (Fsp3) is 0. The molecule has 0 aliphatic carbocycles. The molecule has 0 saturated carbocycles. The van der Waals surface area contributed by atoms with Gasteiger partial charge in [-0.05, 0) is 30.4 Å². The van der Waals surface area contributed by atoms with Gasteiger partial charge in [-0.25, -0.2) is 4.79 Å². The number of amides is 1. The van der Waals surface area contributed by atoms with Crippen LogP contribution >= 0.6 is 23.6 Å². The summed E-state index contributed by atoms with van der Waals surface area (Å²) in [6.07, 6.45) is -1.07. The standard InChI is InChI=1S/C8H6N2O2S2/c11-7(12)9-4-1-2-5-6(3-4)14-8(13)10-5/h1-3,9H,(H,10,13)(H,11,12). The molecule has 14 heavy (non-hydrogen) atoms. The van der Waals surface area contributed by atoms with Crippen molar-refractivity contribution in [1.29, 1.82) is 0 Å². The number of rotatable bonds is 1. The number of benzene rings is 1. The lowest BCUT2D eigenvalue weighted by molar-refractivity contribution is 0.210. The molecule has 6 heteroatoms. The molecule has 0 unspecified atom stereocenters. The number of hydrogen-bond donors (Lipinski definition) is 3. The molecule has 2 aromatic rings. The zero-order valence-electron chi connectivity index (χ0n) is 6.90. The van der Waals surface area contributed by atoms with Crippen molar-refractivity contribution in [2.45, 2.75) is 0 Å². The topological polar surface area (TPSA) is 65.1 Å². The van der Waals surface area contributed by atoms with Crippen LogP contribution in [-0.4, -0.2) is 16.2 Å². The molecule has 0 bridgehead atoms. The van der Waals surface area contributed by atoms with E-state index in [9.17, 15) is 4.79 Å². The molecule has 3 N–H and O–H groups in total. The first-order valence-electron chi connectivity index (χ1n) is 3.78. The maximum Gasteiger partial charge on any atom is 0.409 e. The van der Waals surface area contributed by atoms with Crippen LogP contribution in [0.1, 0.15) is 0 Å². The van der Waals surface area contributed by atoms with E-state index in [2.05, 4.69) is 10.3 Å². The van der Waals surface area contributed by atoms with E-state index in [0.717, 1.165) is 10.2 Å². The first kappa shape index (κ1) is 9.17. The molecular formula is C8H6N2O2S2. The van der Waals surface area contributed by atoms with Crippen LogP contribution in [0.25, 0.3) is 10.2 Å². The van der Waals surface area contributed by atoms with E-state index in [4.69, 9.17) is 17.3 Å². The molecule has 1 heterocycles. The van der Waals surface area contributed by atoms with Crippen LogP contribution in [0.2, 0.25) is 0 Å². The molecular weight excluding hydrogens is 220 g/mol. The molecule has 72 valence electrons. The van der Waals surface area contributed by atoms with Crippen molar-refractivity contribution >= 4 is 45.6 Å². The summed E-state index contributed by atoms with van der Waals surface area (Å²) in [6.45, 7) is 0. The van der Waals surface area contributed by atoms with Crippen LogP contribution in [0.15, 0.2) is 18.2 Å². The molecule has 0 spiro atoms. The third-order valence-corrected chi connectivity index (χ3v) is 2.87. The second-order valence-electron chi connectivity index (χ2n) is 2.66. The van der Waals surface area contributed by atoms with E-state index in [1.807, 2.05) is 0 Å². The van der Waals surface area contributed by atoms with Gasteiger partial charge in [-0.15, -0.1) is 11.3 Å². The van der Waals surface area contributed by atoms with Crippen LogP contribution in [-0.2, 0) is 0 Å². The van der Waals surface area contributed by atoms with Crippen molar-refractivity contribution in [3.05, 3.63) is 22.2 Å². The molecule has 0 aliphatic heterocycles. The molecule has 0 radical (unpaired) electrons. The van der Waals surface area contributed by atoms with Gasteiger partial charge in [0.1, 0.15) is 0 Å². The van der Waals surface area contributed by atoms with Crippen LogP contribution < -0.4 is 5.32 Å². The number of fused-ring (bicyclic) bond motifs is 1. The smallest absolute Gasteiger partial charge is 0.409 e. The summed E-state index contributed by atoms with van der Waals surface area (Å²) >= 11 is 6.39. The largest absolute Gasteiger partial charge is 0.465 e. The van der Waals surface area contributed by atoms with Crippen LogP contribution in [0.3, 0.4) is 0 Å². The Kier molecular flexibility index (Phi) is 2.22. The predicted molar refractivity (Wildman–Crippen MR) is 58.7 cm³/mol. The number of aromatic nitrogens is 1. The van der Waals surface area contributed by atoms with Gasteiger partial charge in [0.05, 0.1) is 10.2 Å². The Morgan fingerprint density at radius 3 is 3.07 bits per heavy atom. The minimum absolute atomic E-state index is 0.551. The van der Waals surface area contributed by atoms with Gasteiger partial charge in [0.2, 0.25) is 0 Å². The fourth-order valence-corrected chi connectivity index (χ4v) is 2.30. The Morgan fingerprint density at radius 1 is 1.57 bits per heavy atom. The molecule has 0 fully saturated rings. The highest BCUT2D eigenvalue weighted by molar-refractivity contribution is 7.73. The van der Waals surface area contributed by atoms with E-state index in [1.54, 1.807) is 18.2 Å². The average Bonchev–Trinajstić information content (AvgIpc) is 2.42. The number of anilines is 1. The van der Waals surface area contributed by atoms with Crippen molar-refractivity contribution in [3.8, 4) is 0 Å². The highest BCUT2D eigenvalue weighted by atomic mass is 32.1. The van der Waals surface area contributed by atoms with Gasteiger partial charge in [0, 0.05) is 5.69 Å². The Hall–Kier alpha value is -1.40. The van der Waals surface area contributed by atoms with Crippen LogP contribution in [0.5, 0.6) is 0 Å². The van der Waals surface area contributed by atoms with E-state index < -0.39 is 6.09 Å². The fourth-order valence-electron chi connectivity index (χ4n) is 1.15. The molecule has 0 aliphatic rings. The molecule has 1 aromatic carbocycles. The molecule has 0 atom stereocenters. The summed E-state index contributed by atoms with van der Waals surface area (Å²) in [5, 5.41) is 10.8. The summed E-state index contributed by atoms with van der Waals surface area (Å²) in [4.78, 5) is 13.4. The first-order valence-corrected chi connectivity index (χ1v) is 5.00. The zero-order chi connectivity index (χ0) is 10.1. The Morgan fingerprint density at radius 2 is 2.36 bits per heavy atom. The van der Waals surface area contributed by atoms with Gasteiger partial charge in [0.15, 0.2) is 3.95 Å². The van der Waals surface area contributed by atoms with Gasteiger partial charge in [-0.2, -0.15) is 0 Å². The van der Waals surface area contributed by atoms with Gasteiger partial charge < -0.3 is 10.1 Å². The van der Waals surface area contributed by atoms with E-state index in [1.165, 1.54) is 11.3 Å². The Bertz CT molecular complexity index is 544. The highest BCUT2D eigenvalue weighted by Gasteiger charge is 2.01. The number of hydrogen-bond acceptors (Lipinski definition) is 3. The number of carbonyl (C=O) groups is 1. The number of H-pyrrole nitrogens is 1. The number of carboxylic acid groups (broad SMARTS) is 1. The number of thiazole rings is 1. The predicted octanol–water partition coefficient (Wildman–Crippen LogP) is 3.05. The molecule has 2 rings (SSSR count). The Balaban J connectivity index is 2.50. The lowest BCUT2D eigenvalue weighted by Crippen LogP contribution is -2.06. The summed E-state index contributed by atoms with van der Waals surface area (Å²) in [5.74, 6) is 0. The summed E-state index contributed by atoms with van der Waals surface area (Å²) < 4.78 is 1.63. The van der Waals surface area contributed by atoms with Gasteiger partial charge in [0.25, 0.3) is 0 Å². The van der Waals surface area contributed by atoms with E-state index >= 15 is 0 Å². The minimum atomic E-state index is -1.07. The maximum absolute atomic E-state index is 10.4. The van der Waals surface area contributed by atoms with Crippen molar-refractivity contribution in [1.82, 2.24) is 4.98 Å². The number of aromatic amines is 1. The monoisotopic (exact) mass is 226 g/mol. The van der Waals surface area contributed by atoms with Crippen molar-refractivity contribution in [2.75, 3.05) is 5.32 Å². The van der Waals surface area contributed by atoms with Crippen molar-refractivity contribution in [3.63, 3.8) is 0 Å². The van der Waals surface area contributed by atoms with Crippen LogP contribution in [0, 0.1) is 3.95 Å². The normalized spacial score (nSPS) is 10.3. The van der Waals surface area contributed by atoms with Gasteiger partial charge in [-0.1, -0.05) is 0 Å². The minimum Gasteiger partial charge on any atom is -0.465 e. The molecule has 4 nitrogen and oxygen atoms in total. The summed E-state index contributed by atoms with van der Waals surface area (Å²) in [6, 6.07) is 5.24. The lowest BCUT2D eigenvalue weighted by Gasteiger charge is -1.98. The van der Waals surface area contributed by atoms with Crippen LogP contribution in [0.4, 0.5) is 10.5 Å². The van der Waals surface area contributed by atoms with E-state index in [-0.39, 0.29) is 0 Å². The summed E-state index contributed by atoms with van der Waals surface area (Å²) in [5.41, 5.74) is 1.48. The zero-order valence-corrected chi connectivity index (χ0v) is 8.54.